The van der Waals surface area contributed by atoms with Crippen molar-refractivity contribution in [2.45, 2.75) is 32.4 Å². The Morgan fingerprint density at radius 1 is 1.23 bits per heavy atom. The van der Waals surface area contributed by atoms with E-state index in [-0.39, 0.29) is 5.75 Å². The van der Waals surface area contributed by atoms with Gasteiger partial charge >= 0.3 is 0 Å². The molecule has 4 rings (SSSR count). The minimum atomic E-state index is -0.452. The molecule has 1 atom stereocenters. The number of carbonyl (C=O) groups excluding carboxylic acids is 1. The Hall–Kier alpha value is -3.33. The summed E-state index contributed by atoms with van der Waals surface area (Å²) >= 11 is 0. The zero-order valence-corrected chi connectivity index (χ0v) is 17.6. The van der Waals surface area contributed by atoms with Crippen LogP contribution >= 0.6 is 0 Å². The van der Waals surface area contributed by atoms with Gasteiger partial charge in [0.25, 0.3) is 0 Å². The zero-order chi connectivity index (χ0) is 21.8. The molecular weight excluding hydrogens is 399 g/mol. The molecule has 0 spiro atoms. The second kappa shape index (κ2) is 9.22. The highest BCUT2D eigenvalue weighted by Gasteiger charge is 2.22. The maximum Gasteiger partial charge on any atom is 0.227 e. The van der Waals surface area contributed by atoms with E-state index in [0.29, 0.717) is 22.9 Å². The van der Waals surface area contributed by atoms with Crippen LogP contribution in [0.2, 0.25) is 0 Å². The summed E-state index contributed by atoms with van der Waals surface area (Å²) in [5, 5.41) is 7.47. The van der Waals surface area contributed by atoms with Crippen molar-refractivity contribution in [1.29, 1.82) is 0 Å². The maximum absolute atomic E-state index is 14.2. The highest BCUT2D eigenvalue weighted by molar-refractivity contribution is 5.66. The number of rotatable bonds is 7. The van der Waals surface area contributed by atoms with Gasteiger partial charge in [0.15, 0.2) is 24.0 Å². The van der Waals surface area contributed by atoms with E-state index in [2.05, 4.69) is 25.3 Å². The molecule has 9 heteroatoms. The second-order valence-corrected chi connectivity index (χ2v) is 7.55. The lowest BCUT2D eigenvalue weighted by Crippen LogP contribution is -2.37. The van der Waals surface area contributed by atoms with Gasteiger partial charge in [0, 0.05) is 24.8 Å². The van der Waals surface area contributed by atoms with E-state index in [1.54, 1.807) is 35.4 Å². The van der Waals surface area contributed by atoms with Crippen LogP contribution in [-0.4, -0.2) is 51.1 Å². The van der Waals surface area contributed by atoms with Crippen LogP contribution in [0.3, 0.4) is 0 Å². The molecule has 0 bridgehead atoms. The van der Waals surface area contributed by atoms with Crippen molar-refractivity contribution >= 4 is 17.9 Å². The fraction of sp³-hybridized carbons (Fsp3) is 0.364. The normalized spacial score (nSPS) is 15.5. The Balaban J connectivity index is 1.54. The molecule has 3 aromatic rings. The first-order chi connectivity index (χ1) is 15.1. The third-order valence-corrected chi connectivity index (χ3v) is 5.41. The number of ether oxygens (including phenoxy) is 1. The van der Waals surface area contributed by atoms with E-state index in [9.17, 15) is 9.18 Å². The van der Waals surface area contributed by atoms with E-state index >= 15 is 0 Å². The minimum absolute atomic E-state index is 0.180. The number of likely N-dealkylation sites (tertiary alicyclic amines) is 1. The fourth-order valence-corrected chi connectivity index (χ4v) is 3.78. The Bertz CT molecular complexity index is 1060. The molecule has 0 amide bonds. The molecule has 1 fully saturated rings. The molecule has 1 aliphatic heterocycles. The summed E-state index contributed by atoms with van der Waals surface area (Å²) in [4.78, 5) is 22.7. The topological polar surface area (TPSA) is 85.2 Å². The fourth-order valence-electron chi connectivity index (χ4n) is 3.78. The smallest absolute Gasteiger partial charge is 0.227 e. The first-order valence-corrected chi connectivity index (χ1v) is 10.3. The van der Waals surface area contributed by atoms with Crippen LogP contribution < -0.4 is 10.1 Å². The van der Waals surface area contributed by atoms with Crippen LogP contribution in [0.1, 0.15) is 31.0 Å². The maximum atomic E-state index is 14.2. The number of hydrogen-bond acceptors (Lipinski definition) is 7. The standard InChI is InChI=1S/C22H25FN6O2/c1-15-11-24-22(27-21(15)16-6-7-19(31-2)18(23)10-16)26-17-12-25-29(13-17)20(14-30)28-8-4-3-5-9-28/h6-7,10-14,20H,3-5,8-9H2,1-2H3,(H,24,26,27). The summed E-state index contributed by atoms with van der Waals surface area (Å²) in [5.41, 5.74) is 2.73. The molecule has 1 N–H and O–H groups in total. The number of hydrogen-bond donors (Lipinski definition) is 1. The molecule has 8 nitrogen and oxygen atoms in total. The van der Waals surface area contributed by atoms with Crippen LogP contribution in [0.25, 0.3) is 11.3 Å². The van der Waals surface area contributed by atoms with Crippen LogP contribution in [0.15, 0.2) is 36.8 Å². The molecule has 0 aliphatic carbocycles. The lowest BCUT2D eigenvalue weighted by molar-refractivity contribution is -0.116. The van der Waals surface area contributed by atoms with Gasteiger partial charge in [-0.2, -0.15) is 5.10 Å². The number of aryl methyl sites for hydroxylation is 1. The molecule has 162 valence electrons. The number of anilines is 2. The van der Waals surface area contributed by atoms with Crippen LogP contribution in [-0.2, 0) is 4.79 Å². The summed E-state index contributed by atoms with van der Waals surface area (Å²) < 4.78 is 20.8. The van der Waals surface area contributed by atoms with Gasteiger partial charge < -0.3 is 10.1 Å². The molecule has 2 aromatic heterocycles. The third-order valence-electron chi connectivity index (χ3n) is 5.41. The highest BCUT2D eigenvalue weighted by atomic mass is 19.1. The van der Waals surface area contributed by atoms with E-state index in [1.807, 2.05) is 6.92 Å². The van der Waals surface area contributed by atoms with Crippen LogP contribution in [0.5, 0.6) is 5.75 Å². The molecule has 1 saturated heterocycles. The summed E-state index contributed by atoms with van der Waals surface area (Å²) in [6, 6.07) is 4.72. The molecular formula is C22H25FN6O2. The zero-order valence-electron chi connectivity index (χ0n) is 17.6. The Kier molecular flexibility index (Phi) is 6.22. The largest absolute Gasteiger partial charge is 0.494 e. The van der Waals surface area contributed by atoms with Gasteiger partial charge in [-0.05, 0) is 43.5 Å². The van der Waals surface area contributed by atoms with Gasteiger partial charge in [0.2, 0.25) is 5.95 Å². The van der Waals surface area contributed by atoms with E-state index < -0.39 is 12.0 Å². The van der Waals surface area contributed by atoms with Gasteiger partial charge in [0.05, 0.1) is 30.9 Å². The minimum Gasteiger partial charge on any atom is -0.494 e. The van der Waals surface area contributed by atoms with Crippen LogP contribution in [0, 0.1) is 12.7 Å². The van der Waals surface area contributed by atoms with Crippen molar-refractivity contribution < 1.29 is 13.9 Å². The van der Waals surface area contributed by atoms with Crippen molar-refractivity contribution in [2.24, 2.45) is 0 Å². The SMILES string of the molecule is COc1ccc(-c2nc(Nc3cnn(C(C=O)N4CCCCC4)c3)ncc2C)cc1F. The molecule has 0 saturated carbocycles. The molecule has 1 aliphatic rings. The van der Waals surface area contributed by atoms with E-state index in [1.165, 1.54) is 19.6 Å². The van der Waals surface area contributed by atoms with Crippen molar-refractivity contribution in [3.8, 4) is 17.0 Å². The highest BCUT2D eigenvalue weighted by Crippen LogP contribution is 2.27. The predicted molar refractivity (Wildman–Crippen MR) is 115 cm³/mol. The summed E-state index contributed by atoms with van der Waals surface area (Å²) in [6.45, 7) is 3.64. The van der Waals surface area contributed by atoms with Crippen molar-refractivity contribution in [1.82, 2.24) is 24.6 Å². The monoisotopic (exact) mass is 424 g/mol. The predicted octanol–water partition coefficient (Wildman–Crippen LogP) is 3.72. The van der Waals surface area contributed by atoms with Crippen molar-refractivity contribution in [3.63, 3.8) is 0 Å². The lowest BCUT2D eigenvalue weighted by Gasteiger charge is -2.31. The van der Waals surface area contributed by atoms with Gasteiger partial charge in [0.1, 0.15) is 0 Å². The molecule has 3 heterocycles. The third kappa shape index (κ3) is 4.56. The first-order valence-electron chi connectivity index (χ1n) is 10.3. The number of aldehydes is 1. The number of aromatic nitrogens is 4. The summed E-state index contributed by atoms with van der Waals surface area (Å²) in [7, 11) is 1.43. The number of nitrogens with one attached hydrogen (secondary N) is 1. The first kappa shape index (κ1) is 20.9. The summed E-state index contributed by atoms with van der Waals surface area (Å²) in [5.74, 6) is 0.0862. The van der Waals surface area contributed by atoms with Crippen molar-refractivity contribution in [3.05, 3.63) is 48.2 Å². The molecule has 31 heavy (non-hydrogen) atoms. The van der Waals surface area contributed by atoms with Gasteiger partial charge in [-0.25, -0.2) is 19.0 Å². The van der Waals surface area contributed by atoms with Crippen LogP contribution in [0.4, 0.5) is 16.0 Å². The number of nitrogens with zero attached hydrogens (tertiary/aromatic N) is 5. The van der Waals surface area contributed by atoms with Crippen molar-refractivity contribution in [2.75, 3.05) is 25.5 Å². The number of benzene rings is 1. The second-order valence-electron chi connectivity index (χ2n) is 7.55. The molecule has 1 aromatic carbocycles. The average molecular weight is 424 g/mol. The number of methoxy groups -OCH3 is 1. The number of halogens is 1. The molecule has 0 radical (unpaired) electrons. The van der Waals surface area contributed by atoms with Gasteiger partial charge in [-0.1, -0.05) is 6.42 Å². The molecule has 1 unspecified atom stereocenters. The summed E-state index contributed by atoms with van der Waals surface area (Å²) in [6.07, 6.45) is 8.94. The van der Waals surface area contributed by atoms with E-state index in [0.717, 1.165) is 37.8 Å². The van der Waals surface area contributed by atoms with E-state index in [4.69, 9.17) is 4.74 Å². The number of piperidine rings is 1. The Morgan fingerprint density at radius 2 is 2.03 bits per heavy atom. The Morgan fingerprint density at radius 3 is 2.74 bits per heavy atom. The van der Waals surface area contributed by atoms with Gasteiger partial charge in [-0.3, -0.25) is 9.69 Å². The number of carbonyl (C=O) groups is 1. The Labute approximate surface area is 180 Å². The lowest BCUT2D eigenvalue weighted by atomic mass is 10.1. The average Bonchev–Trinajstić information content (AvgIpc) is 3.24. The van der Waals surface area contributed by atoms with Gasteiger partial charge in [-0.15, -0.1) is 0 Å². The quantitative estimate of drug-likeness (QED) is 0.579.